The lowest BCUT2D eigenvalue weighted by Crippen LogP contribution is -2.52. The third-order valence-electron chi connectivity index (χ3n) is 6.03. The molecule has 2 amide bonds. The molecule has 0 bridgehead atoms. The van der Waals surface area contributed by atoms with Gasteiger partial charge in [0.15, 0.2) is 5.01 Å². The van der Waals surface area contributed by atoms with Gasteiger partial charge in [-0.1, -0.05) is 12.1 Å². The summed E-state index contributed by atoms with van der Waals surface area (Å²) in [7, 11) is 0. The second kappa shape index (κ2) is 8.56. The highest BCUT2D eigenvalue weighted by Gasteiger charge is 2.36. The number of carbonyl (C=O) groups excluding carboxylic acids is 2. The number of benzene rings is 1. The molecule has 0 N–H and O–H groups in total. The molecule has 0 saturated carbocycles. The van der Waals surface area contributed by atoms with Crippen molar-refractivity contribution in [3.63, 3.8) is 0 Å². The second-order valence-corrected chi connectivity index (χ2v) is 8.71. The Morgan fingerprint density at radius 3 is 2.32 bits per heavy atom. The number of amides is 2. The number of anilines is 1. The minimum atomic E-state index is 0.00746. The third-order valence-corrected chi connectivity index (χ3v) is 6.79. The Kier molecular flexibility index (Phi) is 5.48. The molecule has 1 unspecified atom stereocenters. The third kappa shape index (κ3) is 4.08. The van der Waals surface area contributed by atoms with Crippen LogP contribution >= 0.6 is 11.3 Å². The van der Waals surface area contributed by atoms with Crippen LogP contribution in [0.15, 0.2) is 60.4 Å². The first kappa shape index (κ1) is 19.8. The number of rotatable bonds is 4. The summed E-state index contributed by atoms with van der Waals surface area (Å²) in [6.07, 6.45) is 5.74. The Morgan fingerprint density at radius 1 is 0.935 bits per heavy atom. The molecule has 2 fully saturated rings. The monoisotopic (exact) mass is 433 g/mol. The van der Waals surface area contributed by atoms with Gasteiger partial charge in [0.05, 0.1) is 0 Å². The van der Waals surface area contributed by atoms with Gasteiger partial charge in [0.25, 0.3) is 5.91 Å². The first-order valence-corrected chi connectivity index (χ1v) is 11.3. The number of thiazole rings is 1. The molecule has 1 atom stereocenters. The molecule has 3 aromatic rings. The molecule has 2 saturated heterocycles. The van der Waals surface area contributed by atoms with E-state index in [0.717, 1.165) is 29.9 Å². The summed E-state index contributed by atoms with van der Waals surface area (Å²) < 4.78 is 0. The maximum absolute atomic E-state index is 12.7. The van der Waals surface area contributed by atoms with E-state index in [1.807, 2.05) is 51.6 Å². The van der Waals surface area contributed by atoms with Gasteiger partial charge in [0.2, 0.25) is 5.91 Å². The molecular weight excluding hydrogens is 410 g/mol. The molecule has 2 aromatic heterocycles. The molecule has 158 valence electrons. The summed E-state index contributed by atoms with van der Waals surface area (Å²) in [6.45, 7) is 3.59. The number of nitrogens with zero attached hydrogens (tertiary/aromatic N) is 5. The van der Waals surface area contributed by atoms with Gasteiger partial charge in [0, 0.05) is 74.8 Å². The molecule has 8 heteroatoms. The summed E-state index contributed by atoms with van der Waals surface area (Å²) in [5, 5.41) is 2.37. The number of pyridine rings is 1. The lowest BCUT2D eigenvalue weighted by molar-refractivity contribution is -0.117. The van der Waals surface area contributed by atoms with E-state index >= 15 is 0 Å². The molecule has 1 aromatic carbocycles. The van der Waals surface area contributed by atoms with Crippen molar-refractivity contribution in [3.05, 3.63) is 65.4 Å². The van der Waals surface area contributed by atoms with Crippen LogP contribution in [0.4, 0.5) is 5.69 Å². The standard InChI is InChI=1S/C23H23N5O2S/c29-21-15-20(26-10-12-27(13-11-26)23(30)22-25-9-14-31-22)16-28(21)19-3-1-17(2-4-19)18-5-7-24-8-6-18/h1-9,14,20H,10-13,15-16H2. The maximum atomic E-state index is 12.7. The van der Waals surface area contributed by atoms with Crippen LogP contribution in [0.5, 0.6) is 0 Å². The largest absolute Gasteiger partial charge is 0.334 e. The fourth-order valence-electron chi connectivity index (χ4n) is 4.32. The van der Waals surface area contributed by atoms with Gasteiger partial charge in [0.1, 0.15) is 0 Å². The van der Waals surface area contributed by atoms with E-state index in [1.54, 1.807) is 18.6 Å². The highest BCUT2D eigenvalue weighted by Crippen LogP contribution is 2.28. The van der Waals surface area contributed by atoms with Crippen molar-refractivity contribution in [1.82, 2.24) is 19.8 Å². The zero-order valence-electron chi connectivity index (χ0n) is 17.1. The van der Waals surface area contributed by atoms with Crippen molar-refractivity contribution in [1.29, 1.82) is 0 Å². The van der Waals surface area contributed by atoms with Gasteiger partial charge >= 0.3 is 0 Å². The van der Waals surface area contributed by atoms with E-state index in [4.69, 9.17) is 0 Å². The normalized spacial score (nSPS) is 19.7. The van der Waals surface area contributed by atoms with Crippen LogP contribution in [0.1, 0.15) is 16.2 Å². The molecule has 2 aliphatic heterocycles. The summed E-state index contributed by atoms with van der Waals surface area (Å²) in [5.41, 5.74) is 3.15. The SMILES string of the molecule is O=C(c1nccs1)N1CCN(C2CC(=O)N(c3ccc(-c4ccncc4)cc3)C2)CC1. The second-order valence-electron chi connectivity index (χ2n) is 7.81. The van der Waals surface area contributed by atoms with Crippen LogP contribution in [-0.2, 0) is 4.79 Å². The van der Waals surface area contributed by atoms with Gasteiger partial charge in [-0.25, -0.2) is 4.98 Å². The summed E-state index contributed by atoms with van der Waals surface area (Å²) in [4.78, 5) is 39.5. The quantitative estimate of drug-likeness (QED) is 0.633. The van der Waals surface area contributed by atoms with Gasteiger partial charge in [-0.2, -0.15) is 0 Å². The smallest absolute Gasteiger partial charge is 0.282 e. The zero-order valence-corrected chi connectivity index (χ0v) is 17.9. The molecule has 5 rings (SSSR count). The van der Waals surface area contributed by atoms with Crippen molar-refractivity contribution >= 4 is 28.8 Å². The van der Waals surface area contributed by atoms with E-state index in [0.29, 0.717) is 31.1 Å². The van der Waals surface area contributed by atoms with Crippen molar-refractivity contribution < 1.29 is 9.59 Å². The Hall–Kier alpha value is -3.10. The first-order chi connectivity index (χ1) is 15.2. The Balaban J connectivity index is 1.20. The van der Waals surface area contributed by atoms with Crippen LogP contribution in [0.25, 0.3) is 11.1 Å². The molecule has 7 nitrogen and oxygen atoms in total. The summed E-state index contributed by atoms with van der Waals surface area (Å²) in [5.74, 6) is 0.163. The van der Waals surface area contributed by atoms with Crippen LogP contribution in [-0.4, -0.2) is 70.3 Å². The molecule has 0 spiro atoms. The minimum Gasteiger partial charge on any atom is -0.334 e. The zero-order chi connectivity index (χ0) is 21.2. The minimum absolute atomic E-state index is 0.00746. The molecule has 2 aliphatic rings. The van der Waals surface area contributed by atoms with Crippen LogP contribution < -0.4 is 4.90 Å². The highest BCUT2D eigenvalue weighted by atomic mass is 32.1. The Labute approximate surface area is 185 Å². The first-order valence-electron chi connectivity index (χ1n) is 10.4. The predicted molar refractivity (Wildman–Crippen MR) is 120 cm³/mol. The number of piperazine rings is 1. The van der Waals surface area contributed by atoms with E-state index in [2.05, 4.69) is 14.9 Å². The lowest BCUT2D eigenvalue weighted by Gasteiger charge is -2.37. The Bertz CT molecular complexity index is 1050. The maximum Gasteiger partial charge on any atom is 0.282 e. The summed E-state index contributed by atoms with van der Waals surface area (Å²) in [6, 6.07) is 12.3. The number of aromatic nitrogens is 2. The molecule has 31 heavy (non-hydrogen) atoms. The Morgan fingerprint density at radius 2 is 1.65 bits per heavy atom. The van der Waals surface area contributed by atoms with Crippen molar-refractivity contribution in [3.8, 4) is 11.1 Å². The highest BCUT2D eigenvalue weighted by molar-refractivity contribution is 7.11. The molecule has 0 aliphatic carbocycles. The van der Waals surface area contributed by atoms with Gasteiger partial charge < -0.3 is 9.80 Å². The van der Waals surface area contributed by atoms with E-state index in [1.165, 1.54) is 11.3 Å². The fraction of sp³-hybridized carbons (Fsp3) is 0.304. The number of hydrogen-bond donors (Lipinski definition) is 0. The summed E-state index contributed by atoms with van der Waals surface area (Å²) >= 11 is 1.38. The van der Waals surface area contributed by atoms with Crippen molar-refractivity contribution in [2.75, 3.05) is 37.6 Å². The average molecular weight is 434 g/mol. The van der Waals surface area contributed by atoms with E-state index < -0.39 is 0 Å². The van der Waals surface area contributed by atoms with Crippen molar-refractivity contribution in [2.24, 2.45) is 0 Å². The van der Waals surface area contributed by atoms with E-state index in [9.17, 15) is 9.59 Å². The molecule has 0 radical (unpaired) electrons. The van der Waals surface area contributed by atoms with Crippen LogP contribution in [0.3, 0.4) is 0 Å². The van der Waals surface area contributed by atoms with Crippen LogP contribution in [0.2, 0.25) is 0 Å². The van der Waals surface area contributed by atoms with Crippen molar-refractivity contribution in [2.45, 2.75) is 12.5 Å². The fourth-order valence-corrected chi connectivity index (χ4v) is 4.92. The topological polar surface area (TPSA) is 69.6 Å². The van der Waals surface area contributed by atoms with E-state index in [-0.39, 0.29) is 17.9 Å². The van der Waals surface area contributed by atoms with Crippen LogP contribution in [0, 0.1) is 0 Å². The predicted octanol–water partition coefficient (Wildman–Crippen LogP) is 2.77. The lowest BCUT2D eigenvalue weighted by atomic mass is 10.1. The number of hydrogen-bond acceptors (Lipinski definition) is 6. The van der Waals surface area contributed by atoms with Gasteiger partial charge in [-0.3, -0.25) is 19.5 Å². The molecule has 4 heterocycles. The molecular formula is C23H23N5O2S. The van der Waals surface area contributed by atoms with Gasteiger partial charge in [-0.15, -0.1) is 11.3 Å². The number of carbonyl (C=O) groups is 2. The van der Waals surface area contributed by atoms with Gasteiger partial charge in [-0.05, 0) is 35.4 Å². The average Bonchev–Trinajstić information content (AvgIpc) is 3.50.